The molecule has 39 heavy (non-hydrogen) atoms. The van der Waals surface area contributed by atoms with Crippen molar-refractivity contribution < 1.29 is 38.7 Å². The van der Waals surface area contributed by atoms with E-state index in [2.05, 4.69) is 20.8 Å². The fourth-order valence-electron chi connectivity index (χ4n) is 3.53. The molecular weight excluding hydrogens is 570 g/mol. The van der Waals surface area contributed by atoms with Crippen molar-refractivity contribution in [3.63, 3.8) is 0 Å². The Kier molecular flexibility index (Phi) is 10.4. The minimum atomic E-state index is -1.18. The minimum absolute atomic E-state index is 0.0357. The third-order valence-electron chi connectivity index (χ3n) is 5.15. The van der Waals surface area contributed by atoms with E-state index in [1.54, 1.807) is 26.2 Å². The molecule has 1 saturated heterocycles. The molecule has 3 heterocycles. The van der Waals surface area contributed by atoms with E-state index in [1.807, 2.05) is 6.92 Å². The number of carbonyl (C=O) groups is 5. The molecule has 1 aromatic rings. The molecule has 0 bridgehead atoms. The number of thiazole rings is 1. The molecule has 16 heteroatoms. The molecule has 1 fully saturated rings. The van der Waals surface area contributed by atoms with Crippen molar-refractivity contribution in [2.45, 2.75) is 57.1 Å². The van der Waals surface area contributed by atoms with Crippen LogP contribution in [0.25, 0.3) is 0 Å². The van der Waals surface area contributed by atoms with Gasteiger partial charge in [-0.05, 0) is 32.9 Å². The molecule has 212 valence electrons. The number of thioether (sulfide) groups is 2. The van der Waals surface area contributed by atoms with Gasteiger partial charge in [0.15, 0.2) is 5.13 Å². The highest BCUT2D eigenvalue weighted by Crippen LogP contribution is 2.43. The lowest BCUT2D eigenvalue weighted by Gasteiger charge is -2.49. The van der Waals surface area contributed by atoms with E-state index in [1.165, 1.54) is 28.4 Å². The number of esters is 1. The average Bonchev–Trinajstić information content (AvgIpc) is 3.32. The number of ether oxygens (including phenoxy) is 1. The monoisotopic (exact) mass is 599 g/mol. The van der Waals surface area contributed by atoms with Crippen LogP contribution in [0.5, 0.6) is 0 Å². The first-order chi connectivity index (χ1) is 18.5. The maximum atomic E-state index is 12.7. The van der Waals surface area contributed by atoms with Crippen molar-refractivity contribution in [3.05, 3.63) is 21.7 Å². The first kappa shape index (κ1) is 30.4. The summed E-state index contributed by atoms with van der Waals surface area (Å²) < 4.78 is 5.43. The molecule has 0 radical (unpaired) electrons. The van der Waals surface area contributed by atoms with Gasteiger partial charge in [0.2, 0.25) is 6.41 Å². The Hall–Kier alpha value is -3.11. The van der Waals surface area contributed by atoms with Crippen LogP contribution in [0.15, 0.2) is 21.1 Å². The Morgan fingerprint density at radius 2 is 2.13 bits per heavy atom. The Bertz CT molecular complexity index is 1180. The highest BCUT2D eigenvalue weighted by Gasteiger charge is 2.54. The van der Waals surface area contributed by atoms with Gasteiger partial charge < -0.3 is 25.3 Å². The lowest BCUT2D eigenvalue weighted by Crippen LogP contribution is -2.70. The Labute approximate surface area is 237 Å². The summed E-state index contributed by atoms with van der Waals surface area (Å²) in [6, 6.07) is -0.908. The second-order valence-corrected chi connectivity index (χ2v) is 12.4. The van der Waals surface area contributed by atoms with Gasteiger partial charge in [-0.2, -0.15) is 0 Å². The van der Waals surface area contributed by atoms with Crippen LogP contribution in [0.2, 0.25) is 0 Å². The van der Waals surface area contributed by atoms with Gasteiger partial charge >= 0.3 is 11.9 Å². The molecule has 3 atom stereocenters. The van der Waals surface area contributed by atoms with Crippen LogP contribution in [0.1, 0.15) is 45.7 Å². The summed E-state index contributed by atoms with van der Waals surface area (Å²) in [6.07, 6.45) is 2.15. The van der Waals surface area contributed by atoms with Gasteiger partial charge in [0, 0.05) is 16.0 Å². The van der Waals surface area contributed by atoms with Gasteiger partial charge in [-0.15, -0.1) is 34.9 Å². The molecule has 13 nitrogen and oxygen atoms in total. The van der Waals surface area contributed by atoms with Gasteiger partial charge in [-0.25, -0.2) is 9.78 Å². The number of fused-ring (bicyclic) bond motifs is 1. The third-order valence-corrected chi connectivity index (χ3v) is 8.71. The zero-order valence-corrected chi connectivity index (χ0v) is 24.1. The standard InChI is InChI=1S/C23H29N5O8S3/c1-5-6-37-14-10-38-19-16(18(31)28(19)17(14)20(32)33)27-15(30)7-25-35-8-12(21(34)36-23(2,3)4)13-9-39-22(26-13)24-11-29/h7,9,11-12,16,19H,5-6,8,10H2,1-4H3,(H,27,30)(H,32,33)(H,24,26,29)/t12?,16?,19-/m0/s1. The van der Waals surface area contributed by atoms with Crippen LogP contribution in [0.4, 0.5) is 5.13 Å². The number of β-lactam (4-membered cyclic amide) rings is 1. The van der Waals surface area contributed by atoms with Crippen molar-refractivity contribution in [1.29, 1.82) is 0 Å². The smallest absolute Gasteiger partial charge is 0.353 e. The van der Waals surface area contributed by atoms with Crippen LogP contribution < -0.4 is 10.6 Å². The second-order valence-electron chi connectivity index (χ2n) is 9.28. The largest absolute Gasteiger partial charge is 0.477 e. The molecule has 2 aliphatic heterocycles. The number of hydrogen-bond donors (Lipinski definition) is 3. The zero-order chi connectivity index (χ0) is 28.7. The quantitative estimate of drug-likeness (QED) is 0.0993. The van der Waals surface area contributed by atoms with E-state index in [0.29, 0.717) is 22.8 Å². The van der Waals surface area contributed by atoms with Crippen LogP contribution >= 0.6 is 34.9 Å². The van der Waals surface area contributed by atoms with Gasteiger partial charge in [-0.1, -0.05) is 12.1 Å². The van der Waals surface area contributed by atoms with E-state index in [-0.39, 0.29) is 17.4 Å². The highest BCUT2D eigenvalue weighted by atomic mass is 32.2. The first-order valence-electron chi connectivity index (χ1n) is 11.8. The van der Waals surface area contributed by atoms with Crippen molar-refractivity contribution in [3.8, 4) is 0 Å². The number of rotatable bonds is 13. The minimum Gasteiger partial charge on any atom is -0.477 e. The molecule has 1 aromatic heterocycles. The zero-order valence-electron chi connectivity index (χ0n) is 21.7. The SMILES string of the molecule is CCCSC1=C(C(=O)O)N2C(=O)C(NC(=O)C=NOCC(C(=O)OC(C)(C)C)c3csc(NC=O)n3)[C@@H]2SC1. The van der Waals surface area contributed by atoms with Crippen molar-refractivity contribution in [1.82, 2.24) is 15.2 Å². The molecule has 3 N–H and O–H groups in total. The number of nitrogens with zero attached hydrogens (tertiary/aromatic N) is 3. The van der Waals surface area contributed by atoms with E-state index in [4.69, 9.17) is 9.57 Å². The summed E-state index contributed by atoms with van der Waals surface area (Å²) in [5.74, 6) is -2.86. The molecule has 2 unspecified atom stereocenters. The lowest BCUT2D eigenvalue weighted by molar-refractivity contribution is -0.158. The number of carboxylic acid groups (broad SMARTS) is 1. The number of anilines is 1. The maximum absolute atomic E-state index is 12.7. The number of amides is 3. The summed E-state index contributed by atoms with van der Waals surface area (Å²) in [6.45, 7) is 6.80. The number of hydrogen-bond acceptors (Lipinski definition) is 12. The molecule has 0 saturated carbocycles. The topological polar surface area (TPSA) is 177 Å². The van der Waals surface area contributed by atoms with Gasteiger partial charge in [0.25, 0.3) is 11.8 Å². The van der Waals surface area contributed by atoms with Crippen LogP contribution in [0, 0.1) is 0 Å². The predicted molar refractivity (Wildman–Crippen MR) is 147 cm³/mol. The Morgan fingerprint density at radius 1 is 1.38 bits per heavy atom. The fraction of sp³-hybridized carbons (Fsp3) is 0.522. The average molecular weight is 600 g/mol. The Balaban J connectivity index is 1.59. The van der Waals surface area contributed by atoms with E-state index >= 15 is 0 Å². The fourth-order valence-corrected chi connectivity index (χ4v) is 6.76. The van der Waals surface area contributed by atoms with Crippen molar-refractivity contribution >= 4 is 76.4 Å². The molecule has 3 amide bonds. The number of aliphatic carboxylic acids is 1. The number of aromatic nitrogens is 1. The number of oxime groups is 1. The molecule has 2 aliphatic rings. The summed E-state index contributed by atoms with van der Waals surface area (Å²) in [5, 5.41) is 19.5. The van der Waals surface area contributed by atoms with Gasteiger partial charge in [-0.3, -0.25) is 24.1 Å². The maximum Gasteiger partial charge on any atom is 0.353 e. The molecule has 0 aromatic carbocycles. The molecular formula is C23H29N5O8S3. The third kappa shape index (κ3) is 7.73. The summed E-state index contributed by atoms with van der Waals surface area (Å²) in [5.41, 5.74) is -0.512. The van der Waals surface area contributed by atoms with Gasteiger partial charge in [0.1, 0.15) is 41.5 Å². The summed E-state index contributed by atoms with van der Waals surface area (Å²) >= 11 is 3.91. The normalized spacial score (nSPS) is 19.7. The van der Waals surface area contributed by atoms with Crippen molar-refractivity contribution in [2.75, 3.05) is 23.4 Å². The summed E-state index contributed by atoms with van der Waals surface area (Å²) in [7, 11) is 0. The summed E-state index contributed by atoms with van der Waals surface area (Å²) in [4.78, 5) is 71.5. The first-order valence-corrected chi connectivity index (χ1v) is 14.8. The number of carbonyl (C=O) groups excluding carboxylic acids is 4. The van der Waals surface area contributed by atoms with Crippen LogP contribution in [-0.2, 0) is 33.5 Å². The van der Waals surface area contributed by atoms with E-state index < -0.39 is 46.7 Å². The van der Waals surface area contributed by atoms with Crippen LogP contribution in [0.3, 0.4) is 0 Å². The van der Waals surface area contributed by atoms with Crippen molar-refractivity contribution in [2.24, 2.45) is 5.16 Å². The molecule has 0 spiro atoms. The lowest BCUT2D eigenvalue weighted by atomic mass is 10.1. The number of nitrogens with one attached hydrogen (secondary N) is 2. The number of carboxylic acids is 1. The highest BCUT2D eigenvalue weighted by molar-refractivity contribution is 8.06. The van der Waals surface area contributed by atoms with E-state index in [9.17, 15) is 29.1 Å². The predicted octanol–water partition coefficient (Wildman–Crippen LogP) is 1.98. The van der Waals surface area contributed by atoms with E-state index in [0.717, 1.165) is 29.7 Å². The second kappa shape index (κ2) is 13.3. The van der Waals surface area contributed by atoms with Crippen LogP contribution in [-0.4, -0.2) is 86.5 Å². The molecule has 3 rings (SSSR count). The molecule has 0 aliphatic carbocycles. The Morgan fingerprint density at radius 3 is 2.77 bits per heavy atom. The van der Waals surface area contributed by atoms with Gasteiger partial charge in [0.05, 0.1) is 5.69 Å².